The molecular formula is C20H24N4O3S. The summed E-state index contributed by atoms with van der Waals surface area (Å²) in [6, 6.07) is 14.9. The Morgan fingerprint density at radius 2 is 1.93 bits per heavy atom. The Hall–Kier alpha value is -2.87. The molecule has 1 N–H and O–H groups in total. The van der Waals surface area contributed by atoms with Gasteiger partial charge in [0.15, 0.2) is 9.84 Å². The number of anilines is 2. The predicted octanol–water partition coefficient (Wildman–Crippen LogP) is 2.68. The minimum Gasteiger partial charge on any atom is -0.375 e. The minimum atomic E-state index is -3.28. The van der Waals surface area contributed by atoms with E-state index in [0.717, 1.165) is 24.0 Å². The monoisotopic (exact) mass is 400 g/mol. The average molecular weight is 401 g/mol. The second kappa shape index (κ2) is 8.02. The molecule has 0 saturated heterocycles. The number of imidazole rings is 1. The van der Waals surface area contributed by atoms with Crippen LogP contribution in [0, 0.1) is 0 Å². The molecular weight excluding hydrogens is 376 g/mol. The van der Waals surface area contributed by atoms with E-state index in [0.29, 0.717) is 17.0 Å². The van der Waals surface area contributed by atoms with Crippen LogP contribution in [-0.4, -0.2) is 43.7 Å². The van der Waals surface area contributed by atoms with Crippen LogP contribution in [0.1, 0.15) is 12.7 Å². The van der Waals surface area contributed by atoms with Gasteiger partial charge in [0.25, 0.3) is 0 Å². The van der Waals surface area contributed by atoms with Gasteiger partial charge in [-0.2, -0.15) is 0 Å². The van der Waals surface area contributed by atoms with Crippen LogP contribution < -0.4 is 10.2 Å². The van der Waals surface area contributed by atoms with Crippen LogP contribution in [0.15, 0.2) is 48.5 Å². The summed E-state index contributed by atoms with van der Waals surface area (Å²) in [4.78, 5) is 19.1. The summed E-state index contributed by atoms with van der Waals surface area (Å²) in [6.45, 7) is 2.89. The lowest BCUT2D eigenvalue weighted by Crippen LogP contribution is -2.21. The third-order valence-electron chi connectivity index (χ3n) is 4.47. The zero-order chi connectivity index (χ0) is 20.3. The molecule has 7 nitrogen and oxygen atoms in total. The lowest BCUT2D eigenvalue weighted by Gasteiger charge is -2.18. The van der Waals surface area contributed by atoms with Crippen molar-refractivity contribution in [2.45, 2.75) is 19.2 Å². The predicted molar refractivity (Wildman–Crippen MR) is 112 cm³/mol. The van der Waals surface area contributed by atoms with E-state index in [4.69, 9.17) is 0 Å². The van der Waals surface area contributed by atoms with Crippen molar-refractivity contribution in [3.8, 4) is 0 Å². The number of amides is 1. The van der Waals surface area contributed by atoms with Gasteiger partial charge in [-0.25, -0.2) is 13.4 Å². The first-order valence-electron chi connectivity index (χ1n) is 9.00. The molecule has 0 atom stereocenters. The highest BCUT2D eigenvalue weighted by molar-refractivity contribution is 7.89. The number of hydrogen-bond donors (Lipinski definition) is 1. The van der Waals surface area contributed by atoms with Gasteiger partial charge >= 0.3 is 0 Å². The van der Waals surface area contributed by atoms with Crippen molar-refractivity contribution >= 4 is 38.2 Å². The molecule has 1 aromatic heterocycles. The van der Waals surface area contributed by atoms with E-state index < -0.39 is 9.84 Å². The maximum Gasteiger partial charge on any atom is 0.244 e. The van der Waals surface area contributed by atoms with E-state index in [9.17, 15) is 13.2 Å². The van der Waals surface area contributed by atoms with E-state index in [1.54, 1.807) is 10.6 Å². The molecule has 0 aliphatic heterocycles. The van der Waals surface area contributed by atoms with Crippen molar-refractivity contribution in [1.82, 2.24) is 9.55 Å². The van der Waals surface area contributed by atoms with Gasteiger partial charge in [0.05, 0.1) is 11.0 Å². The average Bonchev–Trinajstić information content (AvgIpc) is 2.96. The number of carbonyl (C=O) groups is 1. The van der Waals surface area contributed by atoms with Crippen LogP contribution in [0.3, 0.4) is 0 Å². The fraction of sp³-hybridized carbons (Fsp3) is 0.300. The highest BCUT2D eigenvalue weighted by Gasteiger charge is 2.17. The zero-order valence-corrected chi connectivity index (χ0v) is 17.0. The molecule has 148 valence electrons. The highest BCUT2D eigenvalue weighted by Crippen LogP contribution is 2.20. The number of hydrogen-bond acceptors (Lipinski definition) is 5. The Labute approximate surface area is 164 Å². The fourth-order valence-electron chi connectivity index (χ4n) is 2.99. The Balaban J connectivity index is 1.86. The molecule has 0 saturated carbocycles. The molecule has 0 spiro atoms. The van der Waals surface area contributed by atoms with Gasteiger partial charge in [0.1, 0.15) is 18.1 Å². The molecule has 2 aromatic carbocycles. The van der Waals surface area contributed by atoms with Gasteiger partial charge in [-0.3, -0.25) is 4.79 Å². The van der Waals surface area contributed by atoms with Crippen LogP contribution >= 0.6 is 0 Å². The maximum atomic E-state index is 12.7. The number of aromatic nitrogens is 2. The minimum absolute atomic E-state index is 0.0147. The first kappa shape index (κ1) is 19.9. The van der Waals surface area contributed by atoms with Crippen LogP contribution in [0.4, 0.5) is 11.4 Å². The number of carbonyl (C=O) groups excluding carboxylic acids is 1. The van der Waals surface area contributed by atoms with Crippen molar-refractivity contribution in [3.63, 3.8) is 0 Å². The standard InChI is InChI=1S/C20H24N4O3S/c1-4-23(2)16-9-7-8-15(12-16)21-20(25)13-24-18-11-6-5-10-17(18)22-19(24)14-28(3,26)27/h5-12H,4,13-14H2,1-3H3,(H,21,25). The number of rotatable bonds is 7. The van der Waals surface area contributed by atoms with Crippen LogP contribution in [0.5, 0.6) is 0 Å². The molecule has 0 aliphatic rings. The summed E-state index contributed by atoms with van der Waals surface area (Å²) in [7, 11) is -1.30. The van der Waals surface area contributed by atoms with Gasteiger partial charge in [-0.05, 0) is 37.3 Å². The lowest BCUT2D eigenvalue weighted by atomic mass is 10.2. The van der Waals surface area contributed by atoms with Crippen molar-refractivity contribution in [3.05, 3.63) is 54.4 Å². The first-order valence-corrected chi connectivity index (χ1v) is 11.1. The number of benzene rings is 2. The van der Waals surface area contributed by atoms with E-state index in [-0.39, 0.29) is 18.2 Å². The molecule has 8 heteroatoms. The van der Waals surface area contributed by atoms with Crippen LogP contribution in [-0.2, 0) is 26.9 Å². The molecule has 1 heterocycles. The summed E-state index contributed by atoms with van der Waals surface area (Å²) < 4.78 is 25.2. The van der Waals surface area contributed by atoms with E-state index in [1.165, 1.54) is 0 Å². The Kier molecular flexibility index (Phi) is 5.69. The molecule has 0 aliphatic carbocycles. The fourth-order valence-corrected chi connectivity index (χ4v) is 3.68. The van der Waals surface area contributed by atoms with Crippen molar-refractivity contribution in [1.29, 1.82) is 0 Å². The van der Waals surface area contributed by atoms with Gasteiger partial charge in [0, 0.05) is 31.2 Å². The number of para-hydroxylation sites is 2. The largest absolute Gasteiger partial charge is 0.375 e. The maximum absolute atomic E-state index is 12.7. The van der Waals surface area contributed by atoms with Gasteiger partial charge in [0.2, 0.25) is 5.91 Å². The number of sulfone groups is 1. The van der Waals surface area contributed by atoms with E-state index in [1.807, 2.05) is 49.5 Å². The smallest absolute Gasteiger partial charge is 0.244 e. The number of nitrogens with one attached hydrogen (secondary N) is 1. The molecule has 0 unspecified atom stereocenters. The molecule has 28 heavy (non-hydrogen) atoms. The Bertz CT molecular complexity index is 1110. The van der Waals surface area contributed by atoms with Crippen molar-refractivity contribution in [2.75, 3.05) is 30.1 Å². The normalized spacial score (nSPS) is 11.5. The third kappa shape index (κ3) is 4.69. The molecule has 3 aromatic rings. The van der Waals surface area contributed by atoms with Crippen LogP contribution in [0.25, 0.3) is 11.0 Å². The molecule has 0 bridgehead atoms. The molecule has 3 rings (SSSR count). The molecule has 1 amide bonds. The quantitative estimate of drug-likeness (QED) is 0.659. The third-order valence-corrected chi connectivity index (χ3v) is 5.25. The van der Waals surface area contributed by atoms with Crippen LogP contribution in [0.2, 0.25) is 0 Å². The second-order valence-corrected chi connectivity index (χ2v) is 8.93. The SMILES string of the molecule is CCN(C)c1cccc(NC(=O)Cn2c(CS(C)(=O)=O)nc3ccccc32)c1. The zero-order valence-electron chi connectivity index (χ0n) is 16.2. The summed E-state index contributed by atoms with van der Waals surface area (Å²) >= 11 is 0. The first-order chi connectivity index (χ1) is 13.3. The van der Waals surface area contributed by atoms with E-state index in [2.05, 4.69) is 22.1 Å². The van der Waals surface area contributed by atoms with Crippen molar-refractivity contribution in [2.24, 2.45) is 0 Å². The van der Waals surface area contributed by atoms with Gasteiger partial charge < -0.3 is 14.8 Å². The summed E-state index contributed by atoms with van der Waals surface area (Å²) in [6.07, 6.45) is 1.16. The number of nitrogens with zero attached hydrogens (tertiary/aromatic N) is 3. The molecule has 0 radical (unpaired) electrons. The van der Waals surface area contributed by atoms with E-state index >= 15 is 0 Å². The Morgan fingerprint density at radius 3 is 2.64 bits per heavy atom. The van der Waals surface area contributed by atoms with Crippen molar-refractivity contribution < 1.29 is 13.2 Å². The summed E-state index contributed by atoms with van der Waals surface area (Å²) in [5.41, 5.74) is 3.10. The second-order valence-electron chi connectivity index (χ2n) is 6.79. The van der Waals surface area contributed by atoms with Gasteiger partial charge in [-0.15, -0.1) is 0 Å². The number of fused-ring (bicyclic) bond motifs is 1. The topological polar surface area (TPSA) is 84.3 Å². The molecule has 0 fully saturated rings. The van der Waals surface area contributed by atoms with Gasteiger partial charge in [-0.1, -0.05) is 18.2 Å². The Morgan fingerprint density at radius 1 is 1.18 bits per heavy atom. The highest BCUT2D eigenvalue weighted by atomic mass is 32.2. The summed E-state index contributed by atoms with van der Waals surface area (Å²) in [5, 5.41) is 2.89. The summed E-state index contributed by atoms with van der Waals surface area (Å²) in [5.74, 6) is -0.0985. The lowest BCUT2D eigenvalue weighted by molar-refractivity contribution is -0.116.